The van der Waals surface area contributed by atoms with E-state index in [1.165, 1.54) is 16.6 Å². The van der Waals surface area contributed by atoms with Gasteiger partial charge in [0.15, 0.2) is 0 Å². The minimum atomic E-state index is 0.444. The zero-order valence-corrected chi connectivity index (χ0v) is 15.3. The van der Waals surface area contributed by atoms with Crippen LogP contribution in [0.25, 0.3) is 0 Å². The Hall–Kier alpha value is -2.00. The van der Waals surface area contributed by atoms with Gasteiger partial charge in [-0.2, -0.15) is 0 Å². The van der Waals surface area contributed by atoms with E-state index in [0.29, 0.717) is 12.6 Å². The lowest BCUT2D eigenvalue weighted by atomic mass is 9.39. The van der Waals surface area contributed by atoms with E-state index in [1.807, 2.05) is 24.4 Å². The van der Waals surface area contributed by atoms with Crippen LogP contribution in [0.2, 0.25) is 11.3 Å². The zero-order chi connectivity index (χ0) is 17.4. The molecule has 2 nitrogen and oxygen atoms in total. The third-order valence-electron chi connectivity index (χ3n) is 4.00. The summed E-state index contributed by atoms with van der Waals surface area (Å²) in [6, 6.07) is 18.7. The van der Waals surface area contributed by atoms with Crippen molar-refractivity contribution in [1.82, 2.24) is 9.97 Å². The fourth-order valence-electron chi connectivity index (χ4n) is 2.65. The van der Waals surface area contributed by atoms with Crippen molar-refractivity contribution in [2.24, 2.45) is 0 Å². The van der Waals surface area contributed by atoms with Gasteiger partial charge in [-0.1, -0.05) is 92.1 Å². The van der Waals surface area contributed by atoms with Gasteiger partial charge >= 0.3 is 0 Å². The third kappa shape index (κ3) is 5.28. The number of nitrogens with zero attached hydrogens (tertiary/aromatic N) is 1. The first-order chi connectivity index (χ1) is 11.6. The van der Waals surface area contributed by atoms with Gasteiger partial charge in [0.05, 0.1) is 6.33 Å². The Kier molecular flexibility index (Phi) is 7.14. The van der Waals surface area contributed by atoms with E-state index in [-0.39, 0.29) is 0 Å². The Morgan fingerprint density at radius 3 is 2.25 bits per heavy atom. The minimum Gasteiger partial charge on any atom is -0.348 e. The number of imidazole rings is 1. The summed E-state index contributed by atoms with van der Waals surface area (Å²) in [5.74, 6) is 0.567. The van der Waals surface area contributed by atoms with Gasteiger partial charge in [0.25, 0.3) is 0 Å². The molecule has 0 aliphatic heterocycles. The topological polar surface area (TPSA) is 28.7 Å². The molecule has 1 heterocycles. The Bertz CT molecular complexity index is 712. The highest BCUT2D eigenvalue weighted by Gasteiger charge is 2.16. The van der Waals surface area contributed by atoms with Gasteiger partial charge in [-0.25, -0.2) is 4.98 Å². The second kappa shape index (κ2) is 9.34. The molecule has 0 bridgehead atoms. The number of halogens is 1. The zero-order valence-electron chi connectivity index (χ0n) is 14.5. The van der Waals surface area contributed by atoms with Crippen LogP contribution < -0.4 is 10.9 Å². The van der Waals surface area contributed by atoms with Gasteiger partial charge in [0.1, 0.15) is 0 Å². The predicted molar refractivity (Wildman–Crippen MR) is 106 cm³/mol. The van der Waals surface area contributed by atoms with Crippen molar-refractivity contribution < 1.29 is 0 Å². The van der Waals surface area contributed by atoms with Crippen molar-refractivity contribution in [3.8, 4) is 0 Å². The molecule has 0 spiro atoms. The number of H-pyrrole nitrogens is 1. The summed E-state index contributed by atoms with van der Waals surface area (Å²) in [6.45, 7) is 6.92. The third-order valence-corrected chi connectivity index (χ3v) is 4.24. The molecule has 124 valence electrons. The lowest BCUT2D eigenvalue weighted by Gasteiger charge is -2.12. The van der Waals surface area contributed by atoms with E-state index in [0.717, 1.165) is 11.3 Å². The van der Waals surface area contributed by atoms with E-state index >= 15 is 0 Å². The first-order valence-corrected chi connectivity index (χ1v) is 8.78. The summed E-state index contributed by atoms with van der Waals surface area (Å²) in [5.41, 5.74) is 3.85. The number of hydrogen-bond donors (Lipinski definition) is 1. The summed E-state index contributed by atoms with van der Waals surface area (Å²) in [6.07, 6.45) is 4.64. The van der Waals surface area contributed by atoms with Gasteiger partial charge in [0, 0.05) is 16.9 Å². The van der Waals surface area contributed by atoms with Crippen molar-refractivity contribution in [2.75, 3.05) is 0 Å². The van der Waals surface area contributed by atoms with E-state index in [2.05, 4.69) is 67.1 Å². The largest absolute Gasteiger partial charge is 0.348 e. The van der Waals surface area contributed by atoms with E-state index < -0.39 is 0 Å². The lowest BCUT2D eigenvalue weighted by molar-refractivity contribution is 0.832. The highest BCUT2D eigenvalue weighted by atomic mass is 35.5. The minimum absolute atomic E-state index is 0.444. The fourth-order valence-corrected chi connectivity index (χ4v) is 2.85. The molecule has 1 N–H and O–H groups in total. The number of aromatic nitrogens is 2. The second-order valence-electron chi connectivity index (χ2n) is 6.09. The van der Waals surface area contributed by atoms with Crippen molar-refractivity contribution >= 4 is 29.2 Å². The van der Waals surface area contributed by atoms with Crippen LogP contribution in [0.4, 0.5) is 0 Å². The van der Waals surface area contributed by atoms with Crippen LogP contribution in [0, 0.1) is 0 Å². The number of hydrogen-bond acceptors (Lipinski definition) is 1. The van der Waals surface area contributed by atoms with Crippen LogP contribution in [-0.4, -0.2) is 16.7 Å². The summed E-state index contributed by atoms with van der Waals surface area (Å²) >= 11 is 6.03. The maximum atomic E-state index is 6.03. The standard InChI is InChI=1S/C14H14BCl.C6H10N2/c1-2-15(12-7-4-3-5-8-12)13-9-6-10-14(16)11-13;1-5(2)6-3-7-4-8-6/h3-11H,2H2,1H3;3-5H,1-2H3,(H,7,8). The second-order valence-corrected chi connectivity index (χ2v) is 6.52. The number of nitrogens with one attached hydrogen (secondary N) is 1. The molecule has 1 aromatic heterocycles. The average molecular weight is 339 g/mol. The van der Waals surface area contributed by atoms with Crippen molar-refractivity contribution in [3.05, 3.63) is 77.8 Å². The van der Waals surface area contributed by atoms with Gasteiger partial charge in [-0.3, -0.25) is 0 Å². The van der Waals surface area contributed by atoms with E-state index in [4.69, 9.17) is 11.6 Å². The number of rotatable bonds is 4. The van der Waals surface area contributed by atoms with Crippen LogP contribution in [0.1, 0.15) is 32.4 Å². The molecule has 2 aromatic carbocycles. The SMILES string of the molecule is CC(C)c1cnc[nH]1.CCB(c1ccccc1)c1cccc(Cl)c1. The Balaban J connectivity index is 0.000000219. The van der Waals surface area contributed by atoms with Gasteiger partial charge < -0.3 is 4.98 Å². The molecular weight excluding hydrogens is 314 g/mol. The van der Waals surface area contributed by atoms with Crippen LogP contribution in [0.5, 0.6) is 0 Å². The molecule has 0 saturated carbocycles. The van der Waals surface area contributed by atoms with Gasteiger partial charge in [-0.15, -0.1) is 0 Å². The summed E-state index contributed by atoms with van der Waals surface area (Å²) in [7, 11) is 0. The molecular formula is C20H24BClN2. The average Bonchev–Trinajstić information content (AvgIpc) is 3.12. The molecule has 0 amide bonds. The van der Waals surface area contributed by atoms with Crippen LogP contribution in [-0.2, 0) is 0 Å². The maximum Gasteiger partial charge on any atom is 0.209 e. The molecule has 0 saturated heterocycles. The molecule has 0 atom stereocenters. The van der Waals surface area contributed by atoms with Crippen molar-refractivity contribution in [2.45, 2.75) is 33.0 Å². The number of aromatic amines is 1. The monoisotopic (exact) mass is 338 g/mol. The molecule has 0 aliphatic carbocycles. The highest BCUT2D eigenvalue weighted by molar-refractivity contribution is 6.85. The van der Waals surface area contributed by atoms with Crippen molar-refractivity contribution in [1.29, 1.82) is 0 Å². The Morgan fingerprint density at radius 1 is 1.04 bits per heavy atom. The van der Waals surface area contributed by atoms with Crippen molar-refractivity contribution in [3.63, 3.8) is 0 Å². The first-order valence-electron chi connectivity index (χ1n) is 8.40. The molecule has 24 heavy (non-hydrogen) atoms. The number of benzene rings is 2. The van der Waals surface area contributed by atoms with E-state index in [1.54, 1.807) is 6.33 Å². The van der Waals surface area contributed by atoms with Gasteiger partial charge in [0.2, 0.25) is 6.71 Å². The highest BCUT2D eigenvalue weighted by Crippen LogP contribution is 2.07. The Morgan fingerprint density at radius 2 is 1.75 bits per heavy atom. The summed E-state index contributed by atoms with van der Waals surface area (Å²) in [5, 5.41) is 0.812. The maximum absolute atomic E-state index is 6.03. The molecule has 3 aromatic rings. The molecule has 4 heteroatoms. The lowest BCUT2D eigenvalue weighted by Crippen LogP contribution is -2.41. The molecule has 3 rings (SSSR count). The molecule has 0 fully saturated rings. The van der Waals surface area contributed by atoms with Gasteiger partial charge in [-0.05, 0) is 18.1 Å². The van der Waals surface area contributed by atoms with Crippen LogP contribution >= 0.6 is 11.6 Å². The summed E-state index contributed by atoms with van der Waals surface area (Å²) < 4.78 is 0. The van der Waals surface area contributed by atoms with Crippen LogP contribution in [0.3, 0.4) is 0 Å². The smallest absolute Gasteiger partial charge is 0.209 e. The first kappa shape index (κ1) is 18.3. The molecule has 0 radical (unpaired) electrons. The summed E-state index contributed by atoms with van der Waals surface area (Å²) in [4.78, 5) is 6.91. The molecule has 0 aliphatic rings. The quantitative estimate of drug-likeness (QED) is 0.697. The predicted octanol–water partition coefficient (Wildman–Crippen LogP) is 4.50. The van der Waals surface area contributed by atoms with E-state index in [9.17, 15) is 0 Å². The molecule has 0 unspecified atom stereocenters. The van der Waals surface area contributed by atoms with Crippen LogP contribution in [0.15, 0.2) is 67.1 Å². The Labute approximate surface area is 150 Å². The normalized spacial score (nSPS) is 10.2. The fraction of sp³-hybridized carbons (Fsp3) is 0.250.